The fourth-order valence-electron chi connectivity index (χ4n) is 3.50. The Hall–Kier alpha value is -0.780. The van der Waals surface area contributed by atoms with E-state index in [1.807, 2.05) is 10.9 Å². The quantitative estimate of drug-likeness (QED) is 0.895. The summed E-state index contributed by atoms with van der Waals surface area (Å²) in [4.78, 5) is 14.4. The second kappa shape index (κ2) is 9.50. The van der Waals surface area contributed by atoms with Crippen molar-refractivity contribution >= 4 is 30.7 Å². The number of hydrogen-bond acceptors (Lipinski definition) is 3. The zero-order valence-electron chi connectivity index (χ0n) is 13.7. The van der Waals surface area contributed by atoms with Gasteiger partial charge in [0, 0.05) is 38.3 Å². The number of nitrogens with one attached hydrogen (secondary N) is 1. The van der Waals surface area contributed by atoms with E-state index in [0.29, 0.717) is 24.3 Å². The van der Waals surface area contributed by atoms with Gasteiger partial charge in [0.25, 0.3) is 0 Å². The van der Waals surface area contributed by atoms with Crippen LogP contribution in [0.1, 0.15) is 50.5 Å². The lowest BCUT2D eigenvalue weighted by molar-refractivity contribution is -0.132. The Morgan fingerprint density at radius 2 is 2.04 bits per heavy atom. The van der Waals surface area contributed by atoms with Crippen molar-refractivity contribution in [1.29, 1.82) is 0 Å². The highest BCUT2D eigenvalue weighted by Crippen LogP contribution is 2.28. The smallest absolute Gasteiger partial charge is 0.224 e. The molecule has 3 rings (SSSR count). The molecule has 3 heterocycles. The van der Waals surface area contributed by atoms with Crippen LogP contribution >= 0.6 is 24.8 Å². The molecule has 1 N–H and O–H groups in total. The van der Waals surface area contributed by atoms with Crippen LogP contribution in [0.5, 0.6) is 0 Å². The van der Waals surface area contributed by atoms with Crippen molar-refractivity contribution in [3.8, 4) is 0 Å². The number of carbonyl (C=O) groups excluding carboxylic acids is 1. The van der Waals surface area contributed by atoms with Crippen molar-refractivity contribution in [3.63, 3.8) is 0 Å². The molecule has 1 atom stereocenters. The molecule has 7 heteroatoms. The fraction of sp³-hybridized carbons (Fsp3) is 0.750. The first kappa shape index (κ1) is 20.3. The standard InChI is InChI=1S/C16H26N4O.2ClH/c1-2-20-12-14(11-18-20)13-5-8-19(9-6-13)16(21)10-15-4-3-7-17-15;;/h11-13,15,17H,2-10H2,1H3;2*1H. The average molecular weight is 363 g/mol. The maximum Gasteiger partial charge on any atom is 0.224 e. The molecule has 2 saturated heterocycles. The Morgan fingerprint density at radius 3 is 2.61 bits per heavy atom. The SMILES string of the molecule is CCn1cc(C2CCN(C(=O)CC3CCCN3)CC2)cn1.Cl.Cl. The van der Waals surface area contributed by atoms with Crippen molar-refractivity contribution in [1.82, 2.24) is 20.0 Å². The summed E-state index contributed by atoms with van der Waals surface area (Å²) in [6.07, 6.45) is 9.33. The van der Waals surface area contributed by atoms with Gasteiger partial charge in [0.15, 0.2) is 0 Å². The summed E-state index contributed by atoms with van der Waals surface area (Å²) < 4.78 is 1.98. The maximum absolute atomic E-state index is 12.3. The van der Waals surface area contributed by atoms with Crippen LogP contribution < -0.4 is 5.32 Å². The number of rotatable bonds is 4. The lowest BCUT2D eigenvalue weighted by Crippen LogP contribution is -2.40. The van der Waals surface area contributed by atoms with E-state index in [-0.39, 0.29) is 24.8 Å². The summed E-state index contributed by atoms with van der Waals surface area (Å²) in [6.45, 7) is 5.89. The van der Waals surface area contributed by atoms with Crippen molar-refractivity contribution in [2.24, 2.45) is 0 Å². The van der Waals surface area contributed by atoms with Crippen LogP contribution in [-0.2, 0) is 11.3 Å². The van der Waals surface area contributed by atoms with Crippen LogP contribution in [0, 0.1) is 0 Å². The van der Waals surface area contributed by atoms with E-state index in [4.69, 9.17) is 0 Å². The molecule has 0 bridgehead atoms. The predicted molar refractivity (Wildman–Crippen MR) is 96.6 cm³/mol. The van der Waals surface area contributed by atoms with E-state index in [1.54, 1.807) is 0 Å². The minimum atomic E-state index is 0. The van der Waals surface area contributed by atoms with E-state index < -0.39 is 0 Å². The molecule has 1 aromatic heterocycles. The number of likely N-dealkylation sites (tertiary alicyclic amines) is 1. The number of halogens is 2. The monoisotopic (exact) mass is 362 g/mol. The number of piperidine rings is 1. The number of carbonyl (C=O) groups is 1. The fourth-order valence-corrected chi connectivity index (χ4v) is 3.50. The van der Waals surface area contributed by atoms with Crippen LogP contribution in [0.25, 0.3) is 0 Å². The van der Waals surface area contributed by atoms with Gasteiger partial charge in [0.2, 0.25) is 5.91 Å². The molecule has 23 heavy (non-hydrogen) atoms. The number of aromatic nitrogens is 2. The molecule has 0 spiro atoms. The van der Waals surface area contributed by atoms with Crippen LogP contribution in [-0.4, -0.2) is 46.3 Å². The molecule has 1 amide bonds. The van der Waals surface area contributed by atoms with E-state index in [2.05, 4.69) is 28.4 Å². The van der Waals surface area contributed by atoms with E-state index >= 15 is 0 Å². The summed E-state index contributed by atoms with van der Waals surface area (Å²) in [5.74, 6) is 0.899. The molecule has 1 unspecified atom stereocenters. The highest BCUT2D eigenvalue weighted by atomic mass is 35.5. The first-order chi connectivity index (χ1) is 10.3. The van der Waals surface area contributed by atoms with Gasteiger partial charge in [-0.25, -0.2) is 0 Å². The lowest BCUT2D eigenvalue weighted by atomic mass is 9.91. The molecular formula is C16H28Cl2N4O. The zero-order valence-corrected chi connectivity index (χ0v) is 15.4. The zero-order chi connectivity index (χ0) is 14.7. The first-order valence-electron chi connectivity index (χ1n) is 8.29. The number of amides is 1. The molecule has 0 aliphatic carbocycles. The maximum atomic E-state index is 12.3. The summed E-state index contributed by atoms with van der Waals surface area (Å²) in [6, 6.07) is 0.415. The molecule has 0 radical (unpaired) electrons. The van der Waals surface area contributed by atoms with Gasteiger partial charge >= 0.3 is 0 Å². The minimum Gasteiger partial charge on any atom is -0.343 e. The Kier molecular flexibility index (Phi) is 8.37. The molecule has 1 aromatic rings. The first-order valence-corrected chi connectivity index (χ1v) is 8.29. The second-order valence-electron chi connectivity index (χ2n) is 6.28. The Bertz CT molecular complexity index is 480. The van der Waals surface area contributed by atoms with Gasteiger partial charge in [-0.3, -0.25) is 9.48 Å². The van der Waals surface area contributed by atoms with Crippen molar-refractivity contribution < 1.29 is 4.79 Å². The van der Waals surface area contributed by atoms with Crippen molar-refractivity contribution in [3.05, 3.63) is 18.0 Å². The van der Waals surface area contributed by atoms with E-state index in [1.165, 1.54) is 12.0 Å². The molecule has 0 aromatic carbocycles. The third-order valence-corrected chi connectivity index (χ3v) is 4.88. The third kappa shape index (κ3) is 5.10. The molecule has 2 aliphatic rings. The summed E-state index contributed by atoms with van der Waals surface area (Å²) in [5.41, 5.74) is 1.33. The number of aryl methyl sites for hydroxylation is 1. The van der Waals surface area contributed by atoms with Crippen LogP contribution in [0.15, 0.2) is 12.4 Å². The highest BCUT2D eigenvalue weighted by Gasteiger charge is 2.26. The van der Waals surface area contributed by atoms with Gasteiger partial charge in [0.05, 0.1) is 6.20 Å². The van der Waals surface area contributed by atoms with Gasteiger partial charge in [-0.05, 0) is 50.6 Å². The largest absolute Gasteiger partial charge is 0.343 e. The topological polar surface area (TPSA) is 50.2 Å². The van der Waals surface area contributed by atoms with Crippen LogP contribution in [0.4, 0.5) is 0 Å². The molecule has 0 saturated carbocycles. The predicted octanol–water partition coefficient (Wildman–Crippen LogP) is 2.59. The Labute approximate surface area is 151 Å². The third-order valence-electron chi connectivity index (χ3n) is 4.88. The summed E-state index contributed by atoms with van der Waals surface area (Å²) in [7, 11) is 0. The van der Waals surface area contributed by atoms with Gasteiger partial charge in [-0.15, -0.1) is 24.8 Å². The summed E-state index contributed by atoms with van der Waals surface area (Å²) >= 11 is 0. The van der Waals surface area contributed by atoms with Gasteiger partial charge < -0.3 is 10.2 Å². The van der Waals surface area contributed by atoms with E-state index in [9.17, 15) is 4.79 Å². The molecule has 2 aliphatic heterocycles. The number of hydrogen-bond donors (Lipinski definition) is 1. The average Bonchev–Trinajstić information content (AvgIpc) is 3.18. The highest BCUT2D eigenvalue weighted by molar-refractivity contribution is 5.85. The Balaban J connectivity index is 0.00000132. The van der Waals surface area contributed by atoms with Crippen molar-refractivity contribution in [2.45, 2.75) is 57.5 Å². The van der Waals surface area contributed by atoms with Gasteiger partial charge in [-0.2, -0.15) is 5.10 Å². The molecular weight excluding hydrogens is 335 g/mol. The second-order valence-corrected chi connectivity index (χ2v) is 6.28. The van der Waals surface area contributed by atoms with Crippen molar-refractivity contribution in [2.75, 3.05) is 19.6 Å². The molecule has 132 valence electrons. The van der Waals surface area contributed by atoms with Crippen LogP contribution in [0.3, 0.4) is 0 Å². The lowest BCUT2D eigenvalue weighted by Gasteiger charge is -2.32. The van der Waals surface area contributed by atoms with Crippen LogP contribution in [0.2, 0.25) is 0 Å². The van der Waals surface area contributed by atoms with Gasteiger partial charge in [-0.1, -0.05) is 0 Å². The van der Waals surface area contributed by atoms with Gasteiger partial charge in [0.1, 0.15) is 0 Å². The van der Waals surface area contributed by atoms with E-state index in [0.717, 1.165) is 45.4 Å². The number of nitrogens with zero attached hydrogens (tertiary/aromatic N) is 3. The Morgan fingerprint density at radius 1 is 1.30 bits per heavy atom. The minimum absolute atomic E-state index is 0. The molecule has 2 fully saturated rings. The summed E-state index contributed by atoms with van der Waals surface area (Å²) in [5, 5.41) is 7.77. The normalized spacial score (nSPS) is 21.6. The molecule has 5 nitrogen and oxygen atoms in total.